The Balaban J connectivity index is 1.68. The molecular formula is C27H24FNO3. The number of fused-ring (bicyclic) bond motifs is 1. The number of hydrogen-bond donors (Lipinski definition) is 2. The smallest absolute Gasteiger partial charge is 0.303 e. The van der Waals surface area contributed by atoms with Crippen LogP contribution in [0.2, 0.25) is 0 Å². The number of rotatable bonds is 8. The molecule has 162 valence electrons. The number of aryl methyl sites for hydroxylation is 1. The monoisotopic (exact) mass is 429 g/mol. The number of nitrogen functional groups attached to an aromatic ring is 1. The largest absolute Gasteiger partial charge is 0.490 e. The van der Waals surface area contributed by atoms with Crippen LogP contribution in [0.3, 0.4) is 0 Å². The van der Waals surface area contributed by atoms with Gasteiger partial charge in [-0.1, -0.05) is 54.6 Å². The number of ether oxygens (including phenoxy) is 1. The van der Waals surface area contributed by atoms with Crippen molar-refractivity contribution in [1.82, 2.24) is 0 Å². The van der Waals surface area contributed by atoms with Crippen LogP contribution in [0.4, 0.5) is 10.1 Å². The van der Waals surface area contributed by atoms with Crippen molar-refractivity contribution in [2.45, 2.75) is 19.3 Å². The van der Waals surface area contributed by atoms with Gasteiger partial charge >= 0.3 is 5.97 Å². The number of carboxylic acid groups (broad SMARTS) is 1. The summed E-state index contributed by atoms with van der Waals surface area (Å²) in [5.41, 5.74) is 9.90. The van der Waals surface area contributed by atoms with E-state index in [-0.39, 0.29) is 18.8 Å². The molecule has 0 spiro atoms. The Morgan fingerprint density at radius 3 is 2.44 bits per heavy atom. The lowest BCUT2D eigenvalue weighted by molar-refractivity contribution is -0.136. The van der Waals surface area contributed by atoms with Crippen molar-refractivity contribution in [3.8, 4) is 16.9 Å². The maximum absolute atomic E-state index is 14.0. The summed E-state index contributed by atoms with van der Waals surface area (Å²) in [6.45, 7) is 0.264. The highest BCUT2D eigenvalue weighted by Crippen LogP contribution is 2.38. The molecular weight excluding hydrogens is 405 g/mol. The van der Waals surface area contributed by atoms with E-state index in [0.29, 0.717) is 29.8 Å². The normalized spacial score (nSPS) is 10.9. The van der Waals surface area contributed by atoms with E-state index in [0.717, 1.165) is 27.5 Å². The molecule has 3 N–H and O–H groups in total. The van der Waals surface area contributed by atoms with E-state index in [2.05, 4.69) is 6.07 Å². The molecule has 5 heteroatoms. The summed E-state index contributed by atoms with van der Waals surface area (Å²) in [4.78, 5) is 11.0. The maximum Gasteiger partial charge on any atom is 0.303 e. The van der Waals surface area contributed by atoms with Crippen LogP contribution in [-0.2, 0) is 17.6 Å². The van der Waals surface area contributed by atoms with Crippen molar-refractivity contribution in [1.29, 1.82) is 0 Å². The Kier molecular flexibility index (Phi) is 6.36. The Labute approximate surface area is 186 Å². The molecule has 0 aliphatic heterocycles. The Morgan fingerprint density at radius 2 is 1.66 bits per heavy atom. The predicted octanol–water partition coefficient (Wildman–Crippen LogP) is 5.87. The molecule has 4 nitrogen and oxygen atoms in total. The summed E-state index contributed by atoms with van der Waals surface area (Å²) in [5, 5.41) is 11.3. The first-order valence-electron chi connectivity index (χ1n) is 10.5. The summed E-state index contributed by atoms with van der Waals surface area (Å²) >= 11 is 0. The zero-order valence-electron chi connectivity index (χ0n) is 17.6. The second-order valence-corrected chi connectivity index (χ2v) is 7.71. The summed E-state index contributed by atoms with van der Waals surface area (Å²) in [7, 11) is 0. The van der Waals surface area contributed by atoms with E-state index in [4.69, 9.17) is 15.6 Å². The highest BCUT2D eigenvalue weighted by Gasteiger charge is 2.14. The average Bonchev–Trinajstić information content (AvgIpc) is 2.79. The number of carboxylic acids is 1. The van der Waals surface area contributed by atoms with E-state index < -0.39 is 5.97 Å². The number of hydrogen-bond acceptors (Lipinski definition) is 3. The van der Waals surface area contributed by atoms with Crippen molar-refractivity contribution in [3.63, 3.8) is 0 Å². The van der Waals surface area contributed by atoms with Crippen LogP contribution in [0.15, 0.2) is 78.9 Å². The number of nitrogens with two attached hydrogens (primary N) is 1. The lowest BCUT2D eigenvalue weighted by Crippen LogP contribution is -2.07. The molecule has 4 aromatic carbocycles. The van der Waals surface area contributed by atoms with Gasteiger partial charge in [0, 0.05) is 18.4 Å². The fraction of sp³-hybridized carbons (Fsp3) is 0.148. The summed E-state index contributed by atoms with van der Waals surface area (Å²) < 4.78 is 20.0. The minimum Gasteiger partial charge on any atom is -0.490 e. The molecule has 0 heterocycles. The molecule has 0 bridgehead atoms. The molecule has 0 amide bonds. The average molecular weight is 429 g/mol. The molecule has 0 saturated heterocycles. The van der Waals surface area contributed by atoms with Crippen LogP contribution in [0, 0.1) is 5.82 Å². The fourth-order valence-electron chi connectivity index (χ4n) is 3.81. The molecule has 0 atom stereocenters. The number of halogens is 1. The molecule has 0 saturated carbocycles. The van der Waals surface area contributed by atoms with Gasteiger partial charge in [0.2, 0.25) is 0 Å². The quantitative estimate of drug-likeness (QED) is 0.344. The van der Waals surface area contributed by atoms with Gasteiger partial charge in [0.25, 0.3) is 0 Å². The topological polar surface area (TPSA) is 72.6 Å². The van der Waals surface area contributed by atoms with Gasteiger partial charge in [0.15, 0.2) is 0 Å². The third-order valence-electron chi connectivity index (χ3n) is 5.44. The molecule has 0 aliphatic carbocycles. The van der Waals surface area contributed by atoms with Crippen LogP contribution < -0.4 is 10.5 Å². The standard InChI is InChI=1S/C27H24FNO3/c28-24-8-4-3-6-20(24)13-14-32-27-23(15-18(16-25(27)29)9-12-26(30)31)22-11-10-19-5-1-2-7-21(19)17-22/h1-8,10-11,15-17H,9,12-14,29H2,(H,30,31). The van der Waals surface area contributed by atoms with Gasteiger partial charge < -0.3 is 15.6 Å². The molecule has 0 unspecified atom stereocenters. The van der Waals surface area contributed by atoms with Gasteiger partial charge in [-0.2, -0.15) is 0 Å². The minimum absolute atomic E-state index is 0.0179. The number of carbonyl (C=O) groups is 1. The van der Waals surface area contributed by atoms with Gasteiger partial charge in [-0.3, -0.25) is 4.79 Å². The molecule has 32 heavy (non-hydrogen) atoms. The third-order valence-corrected chi connectivity index (χ3v) is 5.44. The third kappa shape index (κ3) is 4.89. The minimum atomic E-state index is -0.860. The van der Waals surface area contributed by atoms with Gasteiger partial charge in [-0.05, 0) is 58.1 Å². The van der Waals surface area contributed by atoms with E-state index in [9.17, 15) is 9.18 Å². The second kappa shape index (κ2) is 9.52. The highest BCUT2D eigenvalue weighted by atomic mass is 19.1. The van der Waals surface area contributed by atoms with E-state index in [1.807, 2.05) is 42.5 Å². The van der Waals surface area contributed by atoms with Crippen LogP contribution in [0.1, 0.15) is 17.5 Å². The Bertz CT molecular complexity index is 1270. The lowest BCUT2D eigenvalue weighted by Gasteiger charge is -2.17. The van der Waals surface area contributed by atoms with Gasteiger partial charge in [-0.15, -0.1) is 0 Å². The molecule has 0 radical (unpaired) electrons. The summed E-state index contributed by atoms with van der Waals surface area (Å²) in [6, 6.07) is 24.5. The van der Waals surface area contributed by atoms with Crippen molar-refractivity contribution < 1.29 is 19.0 Å². The zero-order valence-corrected chi connectivity index (χ0v) is 17.6. The fourth-order valence-corrected chi connectivity index (χ4v) is 3.81. The van der Waals surface area contributed by atoms with Crippen molar-refractivity contribution >= 4 is 22.4 Å². The molecule has 0 aromatic heterocycles. The number of anilines is 1. The SMILES string of the molecule is Nc1cc(CCC(=O)O)cc(-c2ccc3ccccc3c2)c1OCCc1ccccc1F. The second-order valence-electron chi connectivity index (χ2n) is 7.71. The van der Waals surface area contributed by atoms with E-state index in [1.54, 1.807) is 24.3 Å². The predicted molar refractivity (Wildman–Crippen MR) is 125 cm³/mol. The summed E-state index contributed by atoms with van der Waals surface area (Å²) in [6.07, 6.45) is 0.795. The zero-order chi connectivity index (χ0) is 22.5. The molecule has 0 fully saturated rings. The van der Waals surface area contributed by atoms with E-state index >= 15 is 0 Å². The van der Waals surface area contributed by atoms with Crippen LogP contribution >= 0.6 is 0 Å². The lowest BCUT2D eigenvalue weighted by atomic mass is 9.96. The van der Waals surface area contributed by atoms with E-state index in [1.165, 1.54) is 6.07 Å². The summed E-state index contributed by atoms with van der Waals surface area (Å²) in [5.74, 6) is -0.598. The van der Waals surface area contributed by atoms with Gasteiger partial charge in [-0.25, -0.2) is 4.39 Å². The van der Waals surface area contributed by atoms with Crippen molar-refractivity contribution in [2.24, 2.45) is 0 Å². The highest BCUT2D eigenvalue weighted by molar-refractivity contribution is 5.89. The first-order valence-corrected chi connectivity index (χ1v) is 10.5. The van der Waals surface area contributed by atoms with Gasteiger partial charge in [0.1, 0.15) is 11.6 Å². The number of aliphatic carboxylic acids is 1. The van der Waals surface area contributed by atoms with Crippen LogP contribution in [-0.4, -0.2) is 17.7 Å². The molecule has 0 aliphatic rings. The number of benzene rings is 4. The Hall–Kier alpha value is -3.86. The van der Waals surface area contributed by atoms with Crippen LogP contribution in [0.25, 0.3) is 21.9 Å². The van der Waals surface area contributed by atoms with Crippen LogP contribution in [0.5, 0.6) is 5.75 Å². The Morgan fingerprint density at radius 1 is 0.906 bits per heavy atom. The first kappa shape index (κ1) is 21.4. The van der Waals surface area contributed by atoms with Crippen molar-refractivity contribution in [3.05, 3.63) is 95.8 Å². The first-order chi connectivity index (χ1) is 15.5. The van der Waals surface area contributed by atoms with Crippen molar-refractivity contribution in [2.75, 3.05) is 12.3 Å². The molecule has 4 rings (SSSR count). The maximum atomic E-state index is 14.0. The van der Waals surface area contributed by atoms with Gasteiger partial charge in [0.05, 0.1) is 12.3 Å². The molecule has 4 aromatic rings.